The van der Waals surface area contributed by atoms with E-state index < -0.39 is 11.8 Å². The Kier molecular flexibility index (Phi) is 5.41. The van der Waals surface area contributed by atoms with Gasteiger partial charge in [-0.25, -0.2) is 0 Å². The molecular weight excluding hydrogens is 410 g/mol. The molecule has 2 aliphatic rings. The van der Waals surface area contributed by atoms with Crippen LogP contribution in [0.5, 0.6) is 11.5 Å². The summed E-state index contributed by atoms with van der Waals surface area (Å²) in [6.07, 6.45) is 2.54. The second-order valence-corrected chi connectivity index (χ2v) is 7.68. The highest BCUT2D eigenvalue weighted by molar-refractivity contribution is 6.35. The van der Waals surface area contributed by atoms with E-state index >= 15 is 0 Å². The normalized spacial score (nSPS) is 14.7. The van der Waals surface area contributed by atoms with Crippen molar-refractivity contribution in [3.05, 3.63) is 77.7 Å². The summed E-state index contributed by atoms with van der Waals surface area (Å²) in [4.78, 5) is 27.0. The van der Waals surface area contributed by atoms with Crippen LogP contribution >= 0.6 is 0 Å². The molecule has 2 amide bonds. The molecular formula is C24H23N3O5. The Morgan fingerprint density at radius 2 is 1.81 bits per heavy atom. The Hall–Kier alpha value is -3.94. The summed E-state index contributed by atoms with van der Waals surface area (Å²) in [5.74, 6) is 0.666. The van der Waals surface area contributed by atoms with Gasteiger partial charge in [0.1, 0.15) is 11.8 Å². The Bertz CT molecular complexity index is 1130. The highest BCUT2D eigenvalue weighted by atomic mass is 16.7. The molecule has 2 aliphatic heterocycles. The van der Waals surface area contributed by atoms with E-state index in [2.05, 4.69) is 27.7 Å². The number of nitrogens with zero attached hydrogens (tertiary/aromatic N) is 1. The maximum absolute atomic E-state index is 12.5. The predicted octanol–water partition coefficient (Wildman–Crippen LogP) is 2.54. The standard InChI is InChI=1S/C24H23N3O5/c28-23(25-13-16-7-8-21-22(12-16)32-15-31-21)24(29)26-14-19(20-6-3-11-30-20)27-10-9-17-4-1-2-5-18(17)27/h1-8,11-12,19H,9-10,13-15H2,(H,25,28)(H,26,29)/t19-/m1/s1. The van der Waals surface area contributed by atoms with Gasteiger partial charge in [-0.2, -0.15) is 0 Å². The van der Waals surface area contributed by atoms with Crippen LogP contribution in [0.2, 0.25) is 0 Å². The molecule has 164 valence electrons. The lowest BCUT2D eigenvalue weighted by atomic mass is 10.1. The van der Waals surface area contributed by atoms with Crippen LogP contribution in [0.1, 0.15) is 22.9 Å². The predicted molar refractivity (Wildman–Crippen MR) is 116 cm³/mol. The molecule has 3 aromatic rings. The fourth-order valence-electron chi connectivity index (χ4n) is 4.12. The summed E-state index contributed by atoms with van der Waals surface area (Å²) in [6.45, 7) is 1.46. The van der Waals surface area contributed by atoms with Gasteiger partial charge in [0.05, 0.1) is 6.26 Å². The fourth-order valence-corrected chi connectivity index (χ4v) is 4.12. The van der Waals surface area contributed by atoms with Crippen LogP contribution in [0.4, 0.5) is 5.69 Å². The fraction of sp³-hybridized carbons (Fsp3) is 0.250. The number of nitrogens with one attached hydrogen (secondary N) is 2. The van der Waals surface area contributed by atoms with Crippen LogP contribution in [-0.4, -0.2) is 31.7 Å². The average Bonchev–Trinajstić information content (AvgIpc) is 3.58. The molecule has 2 N–H and O–H groups in total. The molecule has 0 saturated heterocycles. The molecule has 0 radical (unpaired) electrons. The molecule has 0 aliphatic carbocycles. The summed E-state index contributed by atoms with van der Waals surface area (Å²) in [6, 6.07) is 17.1. The number of ether oxygens (including phenoxy) is 2. The number of rotatable bonds is 6. The zero-order chi connectivity index (χ0) is 21.9. The number of carbonyl (C=O) groups excluding carboxylic acids is 2. The van der Waals surface area contributed by atoms with Gasteiger partial charge in [0.25, 0.3) is 0 Å². The summed E-state index contributed by atoms with van der Waals surface area (Å²) >= 11 is 0. The first-order chi connectivity index (χ1) is 15.7. The molecule has 8 nitrogen and oxygen atoms in total. The van der Waals surface area contributed by atoms with E-state index in [0.717, 1.165) is 30.0 Å². The van der Waals surface area contributed by atoms with Crippen molar-refractivity contribution >= 4 is 17.5 Å². The average molecular weight is 433 g/mol. The van der Waals surface area contributed by atoms with Gasteiger partial charge in [-0.1, -0.05) is 24.3 Å². The lowest BCUT2D eigenvalue weighted by Crippen LogP contribution is -2.43. The number of anilines is 1. The SMILES string of the molecule is O=C(NCc1ccc2c(c1)OCO2)C(=O)NC[C@H](c1ccco1)N1CCc2ccccc21. The molecule has 0 saturated carbocycles. The largest absolute Gasteiger partial charge is 0.467 e. The second-order valence-electron chi connectivity index (χ2n) is 7.68. The number of para-hydroxylation sites is 1. The van der Waals surface area contributed by atoms with Crippen molar-refractivity contribution < 1.29 is 23.5 Å². The van der Waals surface area contributed by atoms with Gasteiger partial charge in [0.15, 0.2) is 11.5 Å². The van der Waals surface area contributed by atoms with Crippen molar-refractivity contribution in [1.29, 1.82) is 0 Å². The Morgan fingerprint density at radius 1 is 0.969 bits per heavy atom. The Labute approximate surface area is 185 Å². The highest BCUT2D eigenvalue weighted by Gasteiger charge is 2.29. The molecule has 1 aromatic heterocycles. The van der Waals surface area contributed by atoms with Gasteiger partial charge in [0, 0.05) is 25.3 Å². The van der Waals surface area contributed by atoms with E-state index in [-0.39, 0.29) is 25.9 Å². The molecule has 0 bridgehead atoms. The van der Waals surface area contributed by atoms with Crippen LogP contribution in [0.3, 0.4) is 0 Å². The summed E-state index contributed by atoms with van der Waals surface area (Å²) in [5.41, 5.74) is 3.20. The van der Waals surface area contributed by atoms with Crippen molar-refractivity contribution in [2.75, 3.05) is 24.8 Å². The summed E-state index contributed by atoms with van der Waals surface area (Å²) in [5, 5.41) is 5.41. The van der Waals surface area contributed by atoms with E-state index in [9.17, 15) is 9.59 Å². The molecule has 0 unspecified atom stereocenters. The van der Waals surface area contributed by atoms with Crippen LogP contribution in [0, 0.1) is 0 Å². The van der Waals surface area contributed by atoms with Gasteiger partial charge in [-0.05, 0) is 47.9 Å². The van der Waals surface area contributed by atoms with E-state index in [1.54, 1.807) is 18.4 Å². The molecule has 2 aromatic carbocycles. The third-order valence-corrected chi connectivity index (χ3v) is 5.72. The molecule has 3 heterocycles. The molecule has 1 atom stereocenters. The van der Waals surface area contributed by atoms with E-state index in [1.165, 1.54) is 5.56 Å². The smallest absolute Gasteiger partial charge is 0.309 e. The first-order valence-electron chi connectivity index (χ1n) is 10.5. The van der Waals surface area contributed by atoms with Gasteiger partial charge in [0.2, 0.25) is 6.79 Å². The summed E-state index contributed by atoms with van der Waals surface area (Å²) in [7, 11) is 0. The molecule has 32 heavy (non-hydrogen) atoms. The van der Waals surface area contributed by atoms with Crippen LogP contribution in [-0.2, 0) is 22.6 Å². The topological polar surface area (TPSA) is 93.0 Å². The minimum atomic E-state index is -0.692. The van der Waals surface area contributed by atoms with Gasteiger partial charge < -0.3 is 29.4 Å². The number of amides is 2. The van der Waals surface area contributed by atoms with Crippen molar-refractivity contribution in [2.24, 2.45) is 0 Å². The first-order valence-corrected chi connectivity index (χ1v) is 10.5. The van der Waals surface area contributed by atoms with Crippen LogP contribution in [0.25, 0.3) is 0 Å². The second kappa shape index (κ2) is 8.66. The Morgan fingerprint density at radius 3 is 2.69 bits per heavy atom. The minimum absolute atomic E-state index is 0.186. The number of fused-ring (bicyclic) bond motifs is 2. The number of benzene rings is 2. The van der Waals surface area contributed by atoms with Crippen molar-refractivity contribution in [3.63, 3.8) is 0 Å². The molecule has 5 rings (SSSR count). The van der Waals surface area contributed by atoms with Crippen LogP contribution < -0.4 is 25.0 Å². The number of hydrogen-bond donors (Lipinski definition) is 2. The summed E-state index contributed by atoms with van der Waals surface area (Å²) < 4.78 is 16.3. The monoisotopic (exact) mass is 433 g/mol. The third kappa shape index (κ3) is 3.99. The maximum atomic E-state index is 12.5. The zero-order valence-electron chi connectivity index (χ0n) is 17.4. The lowest BCUT2D eigenvalue weighted by molar-refractivity contribution is -0.139. The Balaban J connectivity index is 1.21. The quantitative estimate of drug-likeness (QED) is 0.581. The minimum Gasteiger partial charge on any atom is -0.467 e. The van der Waals surface area contributed by atoms with Crippen LogP contribution in [0.15, 0.2) is 65.3 Å². The lowest BCUT2D eigenvalue weighted by Gasteiger charge is -2.29. The van der Waals surface area contributed by atoms with Crippen molar-refractivity contribution in [3.8, 4) is 11.5 Å². The number of furan rings is 1. The molecule has 0 spiro atoms. The van der Waals surface area contributed by atoms with Gasteiger partial charge in [-0.15, -0.1) is 0 Å². The van der Waals surface area contributed by atoms with E-state index in [4.69, 9.17) is 13.9 Å². The third-order valence-electron chi connectivity index (χ3n) is 5.72. The van der Waals surface area contributed by atoms with Gasteiger partial charge in [-0.3, -0.25) is 9.59 Å². The van der Waals surface area contributed by atoms with E-state index in [0.29, 0.717) is 11.5 Å². The van der Waals surface area contributed by atoms with Crippen molar-refractivity contribution in [2.45, 2.75) is 19.0 Å². The molecule has 8 heteroatoms. The number of carbonyl (C=O) groups is 2. The first kappa shape index (κ1) is 20.0. The zero-order valence-corrected chi connectivity index (χ0v) is 17.4. The highest BCUT2D eigenvalue weighted by Crippen LogP contribution is 2.35. The molecule has 0 fully saturated rings. The van der Waals surface area contributed by atoms with Crippen molar-refractivity contribution in [1.82, 2.24) is 10.6 Å². The number of hydrogen-bond acceptors (Lipinski definition) is 6. The van der Waals surface area contributed by atoms with Gasteiger partial charge >= 0.3 is 11.8 Å². The van der Waals surface area contributed by atoms with E-state index in [1.807, 2.05) is 30.3 Å². The maximum Gasteiger partial charge on any atom is 0.309 e.